The number of benzene rings is 1. The average molecular weight is 303 g/mol. The molecule has 1 aromatic carbocycles. The largest absolute Gasteiger partial charge is 0.384 e. The molecule has 100 valence electrons. The van der Waals surface area contributed by atoms with E-state index < -0.39 is 5.41 Å². The summed E-state index contributed by atoms with van der Waals surface area (Å²) < 4.78 is 0. The summed E-state index contributed by atoms with van der Waals surface area (Å²) in [6.07, 6.45) is 0. The van der Waals surface area contributed by atoms with E-state index in [-0.39, 0.29) is 5.82 Å². The highest BCUT2D eigenvalue weighted by Crippen LogP contribution is 2.41. The highest BCUT2D eigenvalue weighted by Gasteiger charge is 2.43. The van der Waals surface area contributed by atoms with Gasteiger partial charge in [-0.1, -0.05) is 36.0 Å². The smallest absolute Gasteiger partial charge is 0.118 e. The van der Waals surface area contributed by atoms with Gasteiger partial charge in [0, 0.05) is 5.02 Å². The van der Waals surface area contributed by atoms with E-state index in [4.69, 9.17) is 35.0 Å². The summed E-state index contributed by atoms with van der Waals surface area (Å²) in [5.74, 6) is 2.53. The van der Waals surface area contributed by atoms with Gasteiger partial charge in [-0.2, -0.15) is 5.26 Å². The topological polar surface area (TPSA) is 85.7 Å². The van der Waals surface area contributed by atoms with Crippen LogP contribution >= 0.6 is 23.8 Å². The van der Waals surface area contributed by atoms with E-state index >= 15 is 0 Å². The van der Waals surface area contributed by atoms with Crippen molar-refractivity contribution in [1.29, 1.82) is 10.7 Å². The fourth-order valence-corrected chi connectivity index (χ4v) is 2.79. The number of halogens is 1. The molecule has 2 rings (SSSR count). The van der Waals surface area contributed by atoms with Crippen molar-refractivity contribution in [2.24, 2.45) is 5.73 Å². The summed E-state index contributed by atoms with van der Waals surface area (Å²) in [6, 6.07) is 9.12. The van der Waals surface area contributed by atoms with Crippen LogP contribution in [0.3, 0.4) is 0 Å². The van der Waals surface area contributed by atoms with Gasteiger partial charge in [0.2, 0.25) is 0 Å². The molecular formula is C14H11ClN4S. The molecule has 1 unspecified atom stereocenters. The highest BCUT2D eigenvalue weighted by molar-refractivity contribution is 7.80. The lowest BCUT2D eigenvalue weighted by Gasteiger charge is -2.36. The normalized spacial score (nSPS) is 22.1. The minimum atomic E-state index is -0.909. The second-order valence-corrected chi connectivity index (χ2v) is 5.33. The van der Waals surface area contributed by atoms with Gasteiger partial charge in [-0.05, 0) is 30.5 Å². The fraction of sp³-hybridized carbons (Fsp3) is 0.143. The average Bonchev–Trinajstić information content (AvgIpc) is 2.39. The van der Waals surface area contributed by atoms with E-state index in [1.807, 2.05) is 0 Å². The lowest BCUT2D eigenvalue weighted by Crippen LogP contribution is -2.45. The first-order chi connectivity index (χ1) is 9.44. The molecule has 1 aliphatic rings. The number of nitriles is 1. The zero-order valence-electron chi connectivity index (χ0n) is 10.6. The first kappa shape index (κ1) is 14.3. The Morgan fingerprint density at radius 1 is 1.40 bits per heavy atom. The van der Waals surface area contributed by atoms with Crippen molar-refractivity contribution in [3.63, 3.8) is 0 Å². The fourth-order valence-electron chi connectivity index (χ4n) is 2.29. The van der Waals surface area contributed by atoms with Crippen LogP contribution in [0.4, 0.5) is 0 Å². The predicted octanol–water partition coefficient (Wildman–Crippen LogP) is 2.40. The van der Waals surface area contributed by atoms with Crippen molar-refractivity contribution in [3.8, 4) is 6.07 Å². The molecule has 0 fully saturated rings. The quantitative estimate of drug-likeness (QED) is 0.422. The van der Waals surface area contributed by atoms with E-state index in [9.17, 15) is 5.26 Å². The van der Waals surface area contributed by atoms with Crippen molar-refractivity contribution in [3.05, 3.63) is 51.8 Å². The lowest BCUT2D eigenvalue weighted by atomic mass is 9.69. The SMILES string of the molecule is CC1(c2ccc(Cl)cc2)C(=C=N)C(=S)NC(N)=C1C#N. The third-order valence-electron chi connectivity index (χ3n) is 3.40. The molecule has 1 aromatic rings. The van der Waals surface area contributed by atoms with Crippen LogP contribution in [0.2, 0.25) is 5.02 Å². The van der Waals surface area contributed by atoms with E-state index in [2.05, 4.69) is 17.3 Å². The Bertz CT molecular complexity index is 708. The Morgan fingerprint density at radius 3 is 2.50 bits per heavy atom. The van der Waals surface area contributed by atoms with Gasteiger partial charge in [-0.15, -0.1) is 0 Å². The summed E-state index contributed by atoms with van der Waals surface area (Å²) >= 11 is 11.1. The molecule has 0 saturated heterocycles. The van der Waals surface area contributed by atoms with Gasteiger partial charge in [0.25, 0.3) is 0 Å². The number of thiocarbonyl (C=S) groups is 1. The first-order valence-corrected chi connectivity index (χ1v) is 6.51. The molecule has 1 heterocycles. The van der Waals surface area contributed by atoms with E-state index in [0.29, 0.717) is 21.2 Å². The molecule has 0 aliphatic carbocycles. The molecule has 1 atom stereocenters. The van der Waals surface area contributed by atoms with Gasteiger partial charge in [-0.3, -0.25) is 5.41 Å². The van der Waals surface area contributed by atoms with Crippen molar-refractivity contribution in [1.82, 2.24) is 5.32 Å². The molecule has 1 aliphatic heterocycles. The maximum atomic E-state index is 9.41. The minimum absolute atomic E-state index is 0.203. The van der Waals surface area contributed by atoms with Gasteiger partial charge in [-0.25, -0.2) is 0 Å². The van der Waals surface area contributed by atoms with Crippen molar-refractivity contribution in [2.45, 2.75) is 12.3 Å². The maximum Gasteiger partial charge on any atom is 0.118 e. The van der Waals surface area contributed by atoms with E-state index in [1.54, 1.807) is 31.2 Å². The third kappa shape index (κ3) is 2.00. The Morgan fingerprint density at radius 2 is 2.00 bits per heavy atom. The zero-order valence-corrected chi connectivity index (χ0v) is 12.2. The zero-order chi connectivity index (χ0) is 14.9. The molecule has 0 amide bonds. The van der Waals surface area contributed by atoms with Crippen LogP contribution < -0.4 is 11.1 Å². The molecule has 4 N–H and O–H groups in total. The van der Waals surface area contributed by atoms with Crippen LogP contribution in [0.5, 0.6) is 0 Å². The molecular weight excluding hydrogens is 292 g/mol. The molecule has 4 nitrogen and oxygen atoms in total. The van der Waals surface area contributed by atoms with Crippen LogP contribution in [0.15, 0.2) is 41.2 Å². The molecule has 0 aromatic heterocycles. The lowest BCUT2D eigenvalue weighted by molar-refractivity contribution is 0.673. The first-order valence-electron chi connectivity index (χ1n) is 5.73. The number of hydrogen-bond donors (Lipinski definition) is 3. The monoisotopic (exact) mass is 302 g/mol. The number of nitrogens with one attached hydrogen (secondary N) is 2. The van der Waals surface area contributed by atoms with Crippen LogP contribution in [0, 0.1) is 16.7 Å². The van der Waals surface area contributed by atoms with E-state index in [1.165, 1.54) is 0 Å². The Balaban J connectivity index is 2.79. The molecule has 0 bridgehead atoms. The number of allylic oxidation sites excluding steroid dienone is 1. The maximum absolute atomic E-state index is 9.41. The van der Waals surface area contributed by atoms with Crippen molar-refractivity contribution >= 4 is 34.7 Å². The van der Waals surface area contributed by atoms with Gasteiger partial charge in [0.05, 0.1) is 22.6 Å². The van der Waals surface area contributed by atoms with E-state index in [0.717, 1.165) is 5.56 Å². The summed E-state index contributed by atoms with van der Waals surface area (Å²) in [6.45, 7) is 1.80. The van der Waals surface area contributed by atoms with Crippen molar-refractivity contribution < 1.29 is 0 Å². The minimum Gasteiger partial charge on any atom is -0.384 e. The summed E-state index contributed by atoms with van der Waals surface area (Å²) in [7, 11) is 0. The van der Waals surface area contributed by atoms with Gasteiger partial charge < -0.3 is 11.1 Å². The predicted molar refractivity (Wildman–Crippen MR) is 82.6 cm³/mol. The van der Waals surface area contributed by atoms with Crippen molar-refractivity contribution in [2.75, 3.05) is 0 Å². The number of hydrogen-bond acceptors (Lipinski definition) is 4. The van der Waals surface area contributed by atoms with Gasteiger partial charge in [0.15, 0.2) is 0 Å². The second kappa shape index (κ2) is 5.10. The van der Waals surface area contributed by atoms with Gasteiger partial charge >= 0.3 is 0 Å². The molecule has 0 spiro atoms. The summed E-state index contributed by atoms with van der Waals surface area (Å²) in [5.41, 5.74) is 6.45. The number of nitrogens with zero attached hydrogens (tertiary/aromatic N) is 1. The van der Waals surface area contributed by atoms with Crippen LogP contribution in [0.1, 0.15) is 12.5 Å². The molecule has 6 heteroatoms. The van der Waals surface area contributed by atoms with Crippen LogP contribution in [-0.4, -0.2) is 10.9 Å². The van der Waals surface area contributed by atoms with Crippen LogP contribution in [0.25, 0.3) is 0 Å². The third-order valence-corrected chi connectivity index (χ3v) is 3.96. The molecule has 0 saturated carbocycles. The molecule has 20 heavy (non-hydrogen) atoms. The Hall–Kier alpha value is -2.12. The highest BCUT2D eigenvalue weighted by atomic mass is 35.5. The summed E-state index contributed by atoms with van der Waals surface area (Å²) in [4.78, 5) is 0.300. The number of rotatable bonds is 1. The van der Waals surface area contributed by atoms with Crippen LogP contribution in [-0.2, 0) is 5.41 Å². The Kier molecular flexibility index (Phi) is 3.65. The molecule has 0 radical (unpaired) electrons. The standard InChI is InChI=1S/C14H11ClN4S/c1-14(8-2-4-9(15)5-3-8)10(6-16)12(18)19-13(20)11(14)7-17/h2-5,17H,18H2,1H3,(H,19,20). The Labute approximate surface area is 127 Å². The second-order valence-electron chi connectivity index (χ2n) is 4.49. The van der Waals surface area contributed by atoms with Gasteiger partial charge in [0.1, 0.15) is 10.8 Å². The summed E-state index contributed by atoms with van der Waals surface area (Å²) in [5, 5.41) is 20.2. The number of nitrogens with two attached hydrogens (primary N) is 1.